The summed E-state index contributed by atoms with van der Waals surface area (Å²) >= 11 is 0. The highest BCUT2D eigenvalue weighted by molar-refractivity contribution is 5.56. The fraction of sp³-hybridized carbons (Fsp3) is 0.571. The molecule has 0 spiro atoms. The Kier molecular flexibility index (Phi) is 3.33. The predicted molar refractivity (Wildman–Crippen MR) is 68.9 cm³/mol. The lowest BCUT2D eigenvalue weighted by atomic mass is 9.80. The van der Waals surface area contributed by atoms with Crippen LogP contribution in [0.15, 0.2) is 6.07 Å². The van der Waals surface area contributed by atoms with Crippen molar-refractivity contribution in [2.75, 3.05) is 5.32 Å². The van der Waals surface area contributed by atoms with Crippen LogP contribution in [-0.4, -0.2) is 11.0 Å². The lowest BCUT2D eigenvalue weighted by Gasteiger charge is -2.32. The normalized spacial score (nSPS) is 17.1. The van der Waals surface area contributed by atoms with Crippen LogP contribution in [0.4, 0.5) is 5.82 Å². The molecule has 1 aliphatic carbocycles. The van der Waals surface area contributed by atoms with Crippen LogP contribution in [0.25, 0.3) is 0 Å². The van der Waals surface area contributed by atoms with Crippen LogP contribution in [0.1, 0.15) is 43.0 Å². The molecule has 3 nitrogen and oxygen atoms in total. The Morgan fingerprint density at radius 2 is 2.18 bits per heavy atom. The van der Waals surface area contributed by atoms with E-state index in [9.17, 15) is 5.26 Å². The third-order valence-corrected chi connectivity index (χ3v) is 3.68. The van der Waals surface area contributed by atoms with Crippen molar-refractivity contribution in [1.82, 2.24) is 4.98 Å². The van der Waals surface area contributed by atoms with Crippen LogP contribution >= 0.6 is 0 Å². The van der Waals surface area contributed by atoms with E-state index in [1.54, 1.807) is 0 Å². The molecule has 1 aliphatic rings. The summed E-state index contributed by atoms with van der Waals surface area (Å²) < 4.78 is 0. The van der Waals surface area contributed by atoms with Gasteiger partial charge in [0.1, 0.15) is 11.9 Å². The lowest BCUT2D eigenvalue weighted by molar-refractivity contribution is 0.285. The molecule has 90 valence electrons. The highest BCUT2D eigenvalue weighted by Gasteiger charge is 2.24. The first-order chi connectivity index (χ1) is 8.11. The maximum Gasteiger partial charge on any atom is 0.144 e. The minimum atomic E-state index is 0.407. The first-order valence-corrected chi connectivity index (χ1v) is 6.26. The summed E-state index contributed by atoms with van der Waals surface area (Å²) in [4.78, 5) is 4.45. The number of pyridine rings is 1. The molecule has 1 N–H and O–H groups in total. The van der Waals surface area contributed by atoms with Crippen LogP contribution in [0.3, 0.4) is 0 Å². The molecule has 1 aromatic heterocycles. The number of nitriles is 1. The number of hydrogen-bond acceptors (Lipinski definition) is 3. The van der Waals surface area contributed by atoms with E-state index in [1.807, 2.05) is 19.9 Å². The molecule has 0 amide bonds. The smallest absolute Gasteiger partial charge is 0.144 e. The number of hydrogen-bond donors (Lipinski definition) is 1. The molecule has 1 saturated carbocycles. The Bertz CT molecular complexity index is 455. The van der Waals surface area contributed by atoms with Crippen molar-refractivity contribution in [3.05, 3.63) is 22.9 Å². The highest BCUT2D eigenvalue weighted by Crippen LogP contribution is 2.31. The number of rotatable bonds is 3. The Morgan fingerprint density at radius 1 is 1.47 bits per heavy atom. The summed E-state index contributed by atoms with van der Waals surface area (Å²) in [5, 5.41) is 12.6. The van der Waals surface area contributed by atoms with Crippen LogP contribution in [0, 0.1) is 31.1 Å². The maximum atomic E-state index is 9.18. The van der Waals surface area contributed by atoms with E-state index >= 15 is 0 Å². The van der Waals surface area contributed by atoms with Gasteiger partial charge in [-0.25, -0.2) is 4.98 Å². The van der Waals surface area contributed by atoms with Crippen molar-refractivity contribution < 1.29 is 0 Å². The Morgan fingerprint density at radius 3 is 2.71 bits per heavy atom. The average Bonchev–Trinajstić information content (AvgIpc) is 2.13. The molecule has 1 fully saturated rings. The Balaban J connectivity index is 2.22. The minimum absolute atomic E-state index is 0.407. The SMILES string of the molecule is Cc1cc(C)c(C#N)c(NC(C)C2CCC2)n1. The van der Waals surface area contributed by atoms with Crippen molar-refractivity contribution in [3.63, 3.8) is 0 Å². The average molecular weight is 229 g/mol. The van der Waals surface area contributed by atoms with Crippen molar-refractivity contribution in [3.8, 4) is 6.07 Å². The second-order valence-electron chi connectivity index (χ2n) is 5.04. The number of nitrogens with one attached hydrogen (secondary N) is 1. The van der Waals surface area contributed by atoms with Crippen molar-refractivity contribution >= 4 is 5.82 Å². The van der Waals surface area contributed by atoms with E-state index in [0.29, 0.717) is 11.6 Å². The van der Waals surface area contributed by atoms with Crippen LogP contribution in [-0.2, 0) is 0 Å². The largest absolute Gasteiger partial charge is 0.366 e. The van der Waals surface area contributed by atoms with Gasteiger partial charge in [-0.3, -0.25) is 0 Å². The summed E-state index contributed by atoms with van der Waals surface area (Å²) in [6.45, 7) is 6.12. The summed E-state index contributed by atoms with van der Waals surface area (Å²) in [5.41, 5.74) is 2.65. The van der Waals surface area contributed by atoms with Crippen LogP contribution < -0.4 is 5.32 Å². The predicted octanol–water partition coefficient (Wildman–Crippen LogP) is 3.17. The molecule has 0 radical (unpaired) electrons. The van der Waals surface area contributed by atoms with Crippen LogP contribution in [0.5, 0.6) is 0 Å². The standard InChI is InChI=1S/C14H19N3/c1-9-7-10(2)16-14(13(9)8-15)17-11(3)12-5-4-6-12/h7,11-12H,4-6H2,1-3H3,(H,16,17). The van der Waals surface area contributed by atoms with Crippen molar-refractivity contribution in [1.29, 1.82) is 5.26 Å². The van der Waals surface area contributed by atoms with E-state index in [4.69, 9.17) is 0 Å². The molecule has 2 rings (SSSR count). The van der Waals surface area contributed by atoms with Gasteiger partial charge in [0.25, 0.3) is 0 Å². The molecular formula is C14H19N3. The first-order valence-electron chi connectivity index (χ1n) is 6.26. The van der Waals surface area contributed by atoms with Gasteiger partial charge in [0.15, 0.2) is 0 Å². The van der Waals surface area contributed by atoms with Gasteiger partial charge >= 0.3 is 0 Å². The summed E-state index contributed by atoms with van der Waals surface area (Å²) in [6, 6.07) is 4.61. The lowest BCUT2D eigenvalue weighted by Crippen LogP contribution is -2.31. The Hall–Kier alpha value is -1.56. The third-order valence-electron chi connectivity index (χ3n) is 3.68. The van der Waals surface area contributed by atoms with Gasteiger partial charge in [-0.1, -0.05) is 6.42 Å². The van der Waals surface area contributed by atoms with Gasteiger partial charge < -0.3 is 5.32 Å². The topological polar surface area (TPSA) is 48.7 Å². The molecule has 1 heterocycles. The first kappa shape index (κ1) is 11.9. The van der Waals surface area contributed by atoms with Gasteiger partial charge in [0.2, 0.25) is 0 Å². The van der Waals surface area contributed by atoms with Crippen molar-refractivity contribution in [2.45, 2.75) is 46.1 Å². The number of aryl methyl sites for hydroxylation is 2. The van der Waals surface area contributed by atoms with E-state index in [0.717, 1.165) is 23.0 Å². The zero-order chi connectivity index (χ0) is 12.4. The monoisotopic (exact) mass is 229 g/mol. The quantitative estimate of drug-likeness (QED) is 0.866. The summed E-state index contributed by atoms with van der Waals surface area (Å²) in [7, 11) is 0. The van der Waals surface area contributed by atoms with Gasteiger partial charge in [0.05, 0.1) is 5.56 Å². The zero-order valence-corrected chi connectivity index (χ0v) is 10.7. The molecule has 1 atom stereocenters. The number of anilines is 1. The molecule has 3 heteroatoms. The van der Waals surface area contributed by atoms with E-state index < -0.39 is 0 Å². The van der Waals surface area contributed by atoms with E-state index in [-0.39, 0.29) is 0 Å². The summed E-state index contributed by atoms with van der Waals surface area (Å²) in [5.74, 6) is 1.49. The van der Waals surface area contributed by atoms with Gasteiger partial charge in [-0.05, 0) is 51.2 Å². The molecule has 0 aromatic carbocycles. The molecule has 1 aromatic rings. The fourth-order valence-corrected chi connectivity index (χ4v) is 2.36. The van der Waals surface area contributed by atoms with Gasteiger partial charge in [-0.15, -0.1) is 0 Å². The molecule has 0 saturated heterocycles. The summed E-state index contributed by atoms with van der Waals surface area (Å²) in [6.07, 6.45) is 3.92. The van der Waals surface area contributed by atoms with E-state index in [2.05, 4.69) is 23.3 Å². The zero-order valence-electron chi connectivity index (χ0n) is 10.7. The molecule has 17 heavy (non-hydrogen) atoms. The number of nitrogens with zero attached hydrogens (tertiary/aromatic N) is 2. The third kappa shape index (κ3) is 2.41. The highest BCUT2D eigenvalue weighted by atomic mass is 15.0. The number of aromatic nitrogens is 1. The van der Waals surface area contributed by atoms with E-state index in [1.165, 1.54) is 19.3 Å². The van der Waals surface area contributed by atoms with Gasteiger partial charge in [-0.2, -0.15) is 5.26 Å². The van der Waals surface area contributed by atoms with Crippen LogP contribution in [0.2, 0.25) is 0 Å². The molecular weight excluding hydrogens is 210 g/mol. The molecule has 0 aliphatic heterocycles. The molecule has 1 unspecified atom stereocenters. The molecule has 0 bridgehead atoms. The Labute approximate surface area is 103 Å². The maximum absolute atomic E-state index is 9.18. The second-order valence-corrected chi connectivity index (χ2v) is 5.04. The second kappa shape index (κ2) is 4.75. The van der Waals surface area contributed by atoms with Gasteiger partial charge in [0, 0.05) is 11.7 Å². The fourth-order valence-electron chi connectivity index (χ4n) is 2.36. The minimum Gasteiger partial charge on any atom is -0.366 e. The van der Waals surface area contributed by atoms with Crippen molar-refractivity contribution in [2.24, 2.45) is 5.92 Å².